The number of phenolic OH excluding ortho intramolecular Hbond substituents is 1. The molecule has 2 aromatic rings. The van der Waals surface area contributed by atoms with Gasteiger partial charge >= 0.3 is 0 Å². The summed E-state index contributed by atoms with van der Waals surface area (Å²) in [6.07, 6.45) is 0. The van der Waals surface area contributed by atoms with Crippen molar-refractivity contribution in [2.45, 2.75) is 19.6 Å². The Morgan fingerprint density at radius 1 is 0.850 bits per heavy atom. The minimum Gasteiger partial charge on any atom is -0.508 e. The molecule has 2 rings (SSSR count). The average molecular weight is 270 g/mol. The standard InChI is InChI=1S/C17H22N2O/c1-19(2)13-16-9-4-3-7-14(16)11-18-12-15-8-5-6-10-17(15)20/h3-10,18,20H,11-13H2,1-2H3. The summed E-state index contributed by atoms with van der Waals surface area (Å²) < 4.78 is 0. The van der Waals surface area contributed by atoms with Crippen LogP contribution in [-0.2, 0) is 19.6 Å². The maximum Gasteiger partial charge on any atom is 0.120 e. The van der Waals surface area contributed by atoms with Gasteiger partial charge in [-0.3, -0.25) is 0 Å². The molecule has 0 amide bonds. The molecule has 0 spiro atoms. The molecule has 0 aliphatic carbocycles. The molecule has 20 heavy (non-hydrogen) atoms. The Kier molecular flexibility index (Phi) is 5.16. The van der Waals surface area contributed by atoms with Crippen LogP contribution in [0.5, 0.6) is 5.75 Å². The summed E-state index contributed by atoms with van der Waals surface area (Å²) in [5, 5.41) is 13.1. The van der Waals surface area contributed by atoms with Crippen molar-refractivity contribution in [3.63, 3.8) is 0 Å². The Bertz CT molecular complexity index is 552. The highest BCUT2D eigenvalue weighted by Crippen LogP contribution is 2.16. The van der Waals surface area contributed by atoms with Crippen molar-refractivity contribution >= 4 is 0 Å². The lowest BCUT2D eigenvalue weighted by atomic mass is 10.1. The maximum absolute atomic E-state index is 9.73. The van der Waals surface area contributed by atoms with Gasteiger partial charge < -0.3 is 15.3 Å². The Hall–Kier alpha value is -1.84. The molecule has 0 saturated heterocycles. The van der Waals surface area contributed by atoms with Gasteiger partial charge in [-0.15, -0.1) is 0 Å². The van der Waals surface area contributed by atoms with Gasteiger partial charge in [-0.25, -0.2) is 0 Å². The largest absolute Gasteiger partial charge is 0.508 e. The fraction of sp³-hybridized carbons (Fsp3) is 0.294. The number of nitrogens with one attached hydrogen (secondary N) is 1. The van der Waals surface area contributed by atoms with Crippen LogP contribution in [0.4, 0.5) is 0 Å². The van der Waals surface area contributed by atoms with Crippen LogP contribution in [0.1, 0.15) is 16.7 Å². The van der Waals surface area contributed by atoms with Crippen LogP contribution in [0.3, 0.4) is 0 Å². The van der Waals surface area contributed by atoms with E-state index in [1.54, 1.807) is 6.07 Å². The van der Waals surface area contributed by atoms with Crippen molar-refractivity contribution in [2.75, 3.05) is 14.1 Å². The highest BCUT2D eigenvalue weighted by molar-refractivity contribution is 5.32. The molecule has 0 unspecified atom stereocenters. The van der Waals surface area contributed by atoms with Gasteiger partial charge in [0, 0.05) is 25.2 Å². The van der Waals surface area contributed by atoms with Gasteiger partial charge in [0.1, 0.15) is 5.75 Å². The molecule has 0 bridgehead atoms. The third kappa shape index (κ3) is 4.08. The number of rotatable bonds is 6. The summed E-state index contributed by atoms with van der Waals surface area (Å²) in [6, 6.07) is 15.9. The normalized spacial score (nSPS) is 10.9. The first-order chi connectivity index (χ1) is 9.66. The Morgan fingerprint density at radius 2 is 1.40 bits per heavy atom. The van der Waals surface area contributed by atoms with E-state index in [-0.39, 0.29) is 0 Å². The van der Waals surface area contributed by atoms with Gasteiger partial charge in [-0.2, -0.15) is 0 Å². The number of phenols is 1. The zero-order valence-electron chi connectivity index (χ0n) is 12.1. The van der Waals surface area contributed by atoms with Crippen molar-refractivity contribution in [1.82, 2.24) is 10.2 Å². The zero-order valence-corrected chi connectivity index (χ0v) is 12.1. The zero-order chi connectivity index (χ0) is 14.4. The second-order valence-electron chi connectivity index (χ2n) is 5.24. The van der Waals surface area contributed by atoms with Crippen molar-refractivity contribution in [3.05, 3.63) is 65.2 Å². The SMILES string of the molecule is CN(C)Cc1ccccc1CNCc1ccccc1O. The van der Waals surface area contributed by atoms with E-state index in [9.17, 15) is 5.11 Å². The summed E-state index contributed by atoms with van der Waals surface area (Å²) >= 11 is 0. The number of hydrogen-bond acceptors (Lipinski definition) is 3. The smallest absolute Gasteiger partial charge is 0.120 e. The number of benzene rings is 2. The van der Waals surface area contributed by atoms with E-state index in [1.807, 2.05) is 18.2 Å². The van der Waals surface area contributed by atoms with E-state index >= 15 is 0 Å². The predicted octanol–water partition coefficient (Wildman–Crippen LogP) is 2.74. The molecule has 106 valence electrons. The third-order valence-corrected chi connectivity index (χ3v) is 3.23. The minimum atomic E-state index is 0.349. The number of nitrogens with zero attached hydrogens (tertiary/aromatic N) is 1. The van der Waals surface area contributed by atoms with Gasteiger partial charge in [0.25, 0.3) is 0 Å². The summed E-state index contributed by atoms with van der Waals surface area (Å²) in [5.41, 5.74) is 3.57. The Labute approximate surface area is 120 Å². The first-order valence-corrected chi connectivity index (χ1v) is 6.86. The minimum absolute atomic E-state index is 0.349. The average Bonchev–Trinajstić information content (AvgIpc) is 2.42. The monoisotopic (exact) mass is 270 g/mol. The lowest BCUT2D eigenvalue weighted by Crippen LogP contribution is -2.17. The van der Waals surface area contributed by atoms with E-state index in [0.717, 1.165) is 18.7 Å². The highest BCUT2D eigenvalue weighted by Gasteiger charge is 2.04. The summed E-state index contributed by atoms with van der Waals surface area (Å²) in [6.45, 7) is 2.41. The molecule has 0 saturated carbocycles. The van der Waals surface area contributed by atoms with Crippen molar-refractivity contribution in [3.8, 4) is 5.75 Å². The van der Waals surface area contributed by atoms with E-state index in [1.165, 1.54) is 11.1 Å². The second kappa shape index (κ2) is 7.08. The topological polar surface area (TPSA) is 35.5 Å². The van der Waals surface area contributed by atoms with E-state index < -0.39 is 0 Å². The van der Waals surface area contributed by atoms with Crippen LogP contribution >= 0.6 is 0 Å². The summed E-state index contributed by atoms with van der Waals surface area (Å²) in [4.78, 5) is 2.17. The van der Waals surface area contributed by atoms with E-state index in [2.05, 4.69) is 48.6 Å². The van der Waals surface area contributed by atoms with Crippen molar-refractivity contribution in [1.29, 1.82) is 0 Å². The molecule has 0 heterocycles. The van der Waals surface area contributed by atoms with Crippen molar-refractivity contribution in [2.24, 2.45) is 0 Å². The molecule has 2 aromatic carbocycles. The summed E-state index contributed by atoms with van der Waals surface area (Å²) in [5.74, 6) is 0.349. The van der Waals surface area contributed by atoms with Gasteiger partial charge in [-0.05, 0) is 31.3 Å². The van der Waals surface area contributed by atoms with E-state index in [4.69, 9.17) is 0 Å². The number of aromatic hydroxyl groups is 1. The first-order valence-electron chi connectivity index (χ1n) is 6.86. The molecule has 0 aliphatic rings. The van der Waals surface area contributed by atoms with Crippen LogP contribution in [0, 0.1) is 0 Å². The lowest BCUT2D eigenvalue weighted by molar-refractivity contribution is 0.400. The quantitative estimate of drug-likeness (QED) is 0.847. The molecule has 0 atom stereocenters. The van der Waals surface area contributed by atoms with Gasteiger partial charge in [0.2, 0.25) is 0 Å². The van der Waals surface area contributed by atoms with Gasteiger partial charge in [-0.1, -0.05) is 42.5 Å². The Morgan fingerprint density at radius 3 is 2.05 bits per heavy atom. The van der Waals surface area contributed by atoms with E-state index in [0.29, 0.717) is 12.3 Å². The molecular weight excluding hydrogens is 248 g/mol. The summed E-state index contributed by atoms with van der Waals surface area (Å²) in [7, 11) is 4.15. The molecule has 3 heteroatoms. The van der Waals surface area contributed by atoms with Gasteiger partial charge in [0.15, 0.2) is 0 Å². The van der Waals surface area contributed by atoms with Crippen LogP contribution in [0.25, 0.3) is 0 Å². The molecule has 3 nitrogen and oxygen atoms in total. The predicted molar refractivity (Wildman–Crippen MR) is 82.5 cm³/mol. The van der Waals surface area contributed by atoms with Gasteiger partial charge in [0.05, 0.1) is 0 Å². The fourth-order valence-corrected chi connectivity index (χ4v) is 2.22. The number of para-hydroxylation sites is 1. The van der Waals surface area contributed by atoms with Crippen LogP contribution < -0.4 is 5.32 Å². The molecule has 0 aliphatic heterocycles. The highest BCUT2D eigenvalue weighted by atomic mass is 16.3. The molecule has 0 fully saturated rings. The molecular formula is C17H22N2O. The molecule has 0 aromatic heterocycles. The van der Waals surface area contributed by atoms with Crippen LogP contribution in [0.2, 0.25) is 0 Å². The van der Waals surface area contributed by atoms with Crippen molar-refractivity contribution < 1.29 is 5.11 Å². The maximum atomic E-state index is 9.73. The Balaban J connectivity index is 1.96. The van der Waals surface area contributed by atoms with Crippen LogP contribution in [-0.4, -0.2) is 24.1 Å². The fourth-order valence-electron chi connectivity index (χ4n) is 2.22. The molecule has 0 radical (unpaired) electrons. The molecule has 2 N–H and O–H groups in total. The number of hydrogen-bond donors (Lipinski definition) is 2. The third-order valence-electron chi connectivity index (χ3n) is 3.23. The first kappa shape index (κ1) is 14.6. The second-order valence-corrected chi connectivity index (χ2v) is 5.24. The lowest BCUT2D eigenvalue weighted by Gasteiger charge is -2.15. The van der Waals surface area contributed by atoms with Crippen LogP contribution in [0.15, 0.2) is 48.5 Å².